The number of benzene rings is 1. The van der Waals surface area contributed by atoms with Gasteiger partial charge in [-0.05, 0) is 44.4 Å². The average Bonchev–Trinajstić information content (AvgIpc) is 2.51. The Labute approximate surface area is 129 Å². The lowest BCUT2D eigenvalue weighted by molar-refractivity contribution is 0.405. The third-order valence-corrected chi connectivity index (χ3v) is 4.03. The zero-order chi connectivity index (χ0) is 16.3. The molecular weight excluding hydrogens is 280 g/mol. The predicted octanol–water partition coefficient (Wildman–Crippen LogP) is 1.28. The molecule has 6 heteroatoms. The van der Waals surface area contributed by atoms with E-state index in [4.69, 9.17) is 11.5 Å². The molecule has 0 aliphatic rings. The summed E-state index contributed by atoms with van der Waals surface area (Å²) in [6.07, 6.45) is 2.50. The summed E-state index contributed by atoms with van der Waals surface area (Å²) in [5.41, 5.74) is 11.8. The average molecular weight is 304 g/mol. The molecule has 0 saturated carbocycles. The van der Waals surface area contributed by atoms with Gasteiger partial charge in [0.05, 0.1) is 10.8 Å². The van der Waals surface area contributed by atoms with Gasteiger partial charge in [-0.3, -0.25) is 9.59 Å². The van der Waals surface area contributed by atoms with Crippen LogP contribution in [0.25, 0.3) is 10.8 Å². The fraction of sp³-hybridized carbons (Fsp3) is 0.500. The van der Waals surface area contributed by atoms with E-state index >= 15 is 0 Å². The van der Waals surface area contributed by atoms with Gasteiger partial charge in [-0.1, -0.05) is 6.92 Å². The van der Waals surface area contributed by atoms with Crippen LogP contribution in [0, 0.1) is 0 Å². The fourth-order valence-corrected chi connectivity index (χ4v) is 2.67. The number of fused-ring (bicyclic) bond motifs is 1. The van der Waals surface area contributed by atoms with Crippen LogP contribution in [-0.2, 0) is 13.1 Å². The minimum atomic E-state index is -0.172. The molecule has 0 bridgehead atoms. The van der Waals surface area contributed by atoms with Crippen LogP contribution in [-0.4, -0.2) is 15.4 Å². The maximum Gasteiger partial charge on any atom is 0.273 e. The molecule has 0 spiro atoms. The lowest BCUT2D eigenvalue weighted by Crippen LogP contribution is -2.38. The minimum Gasteiger partial charge on any atom is -0.399 e. The summed E-state index contributed by atoms with van der Waals surface area (Å²) >= 11 is 0. The summed E-state index contributed by atoms with van der Waals surface area (Å²) in [7, 11) is 0. The van der Waals surface area contributed by atoms with Crippen molar-refractivity contribution < 1.29 is 0 Å². The molecule has 0 fully saturated rings. The number of nitrogens with two attached hydrogens (primary N) is 2. The molecule has 1 heterocycles. The van der Waals surface area contributed by atoms with E-state index in [0.717, 1.165) is 19.3 Å². The fourth-order valence-electron chi connectivity index (χ4n) is 2.67. The van der Waals surface area contributed by atoms with Crippen LogP contribution in [0.5, 0.6) is 0 Å². The van der Waals surface area contributed by atoms with Crippen molar-refractivity contribution in [1.82, 2.24) is 9.36 Å². The maximum absolute atomic E-state index is 12.7. The molecule has 0 saturated heterocycles. The van der Waals surface area contributed by atoms with Crippen molar-refractivity contribution in [3.8, 4) is 0 Å². The Morgan fingerprint density at radius 1 is 1.09 bits per heavy atom. The van der Waals surface area contributed by atoms with E-state index in [2.05, 4.69) is 0 Å². The number of rotatable bonds is 6. The highest BCUT2D eigenvalue weighted by Crippen LogP contribution is 2.11. The first-order valence-corrected chi connectivity index (χ1v) is 7.78. The van der Waals surface area contributed by atoms with Crippen molar-refractivity contribution >= 4 is 16.5 Å². The number of hydrogen-bond donors (Lipinski definition) is 2. The third kappa shape index (κ3) is 3.06. The topological polar surface area (TPSA) is 96.0 Å². The molecule has 2 aromatic rings. The lowest BCUT2D eigenvalue weighted by Gasteiger charge is -2.16. The molecule has 1 unspecified atom stereocenters. The normalized spacial score (nSPS) is 12.7. The number of aromatic nitrogens is 2. The highest BCUT2D eigenvalue weighted by molar-refractivity contribution is 5.83. The van der Waals surface area contributed by atoms with Crippen LogP contribution in [0.3, 0.4) is 0 Å². The van der Waals surface area contributed by atoms with E-state index < -0.39 is 0 Å². The van der Waals surface area contributed by atoms with Crippen LogP contribution >= 0.6 is 0 Å². The maximum atomic E-state index is 12.7. The first-order chi connectivity index (χ1) is 10.5. The first kappa shape index (κ1) is 16.3. The van der Waals surface area contributed by atoms with E-state index in [0.29, 0.717) is 29.5 Å². The third-order valence-electron chi connectivity index (χ3n) is 4.03. The molecule has 0 aliphatic heterocycles. The van der Waals surface area contributed by atoms with E-state index in [9.17, 15) is 9.59 Å². The molecule has 1 atom stereocenters. The number of anilines is 1. The number of nitrogens with zero attached hydrogens (tertiary/aromatic N) is 2. The quantitative estimate of drug-likeness (QED) is 0.786. The second kappa shape index (κ2) is 6.79. The van der Waals surface area contributed by atoms with E-state index in [1.807, 2.05) is 13.8 Å². The predicted molar refractivity (Wildman–Crippen MR) is 90.1 cm³/mol. The van der Waals surface area contributed by atoms with Crippen molar-refractivity contribution in [3.05, 3.63) is 38.9 Å². The van der Waals surface area contributed by atoms with Crippen LogP contribution < -0.4 is 22.6 Å². The SMILES string of the molecule is CCC(N)CCCn1c(=O)c2cc(N)ccc2c(=O)n1CC. The van der Waals surface area contributed by atoms with Crippen molar-refractivity contribution in [2.75, 3.05) is 5.73 Å². The van der Waals surface area contributed by atoms with Crippen molar-refractivity contribution in [2.24, 2.45) is 5.73 Å². The number of nitrogen functional groups attached to an aromatic ring is 1. The molecule has 6 nitrogen and oxygen atoms in total. The smallest absolute Gasteiger partial charge is 0.273 e. The summed E-state index contributed by atoms with van der Waals surface area (Å²) in [5, 5.41) is 0.803. The first-order valence-electron chi connectivity index (χ1n) is 7.78. The monoisotopic (exact) mass is 304 g/mol. The van der Waals surface area contributed by atoms with Gasteiger partial charge in [0.1, 0.15) is 0 Å². The molecule has 0 amide bonds. The van der Waals surface area contributed by atoms with E-state index in [-0.39, 0.29) is 17.2 Å². The van der Waals surface area contributed by atoms with E-state index in [1.54, 1.807) is 18.2 Å². The highest BCUT2D eigenvalue weighted by atomic mass is 16.2. The summed E-state index contributed by atoms with van der Waals surface area (Å²) < 4.78 is 3.02. The van der Waals surface area contributed by atoms with Gasteiger partial charge in [0.25, 0.3) is 11.1 Å². The Balaban J connectivity index is 2.50. The summed E-state index contributed by atoms with van der Waals surface area (Å²) in [6.45, 7) is 4.84. The van der Waals surface area contributed by atoms with Gasteiger partial charge >= 0.3 is 0 Å². The zero-order valence-electron chi connectivity index (χ0n) is 13.2. The van der Waals surface area contributed by atoms with Crippen LogP contribution in [0.1, 0.15) is 33.1 Å². The second-order valence-corrected chi connectivity index (χ2v) is 5.56. The highest BCUT2D eigenvalue weighted by Gasteiger charge is 2.12. The molecule has 0 aliphatic carbocycles. The van der Waals surface area contributed by atoms with Gasteiger partial charge in [0, 0.05) is 24.8 Å². The minimum absolute atomic E-state index is 0.133. The molecule has 1 aromatic carbocycles. The zero-order valence-corrected chi connectivity index (χ0v) is 13.2. The van der Waals surface area contributed by atoms with Gasteiger partial charge in [-0.2, -0.15) is 0 Å². The molecule has 4 N–H and O–H groups in total. The summed E-state index contributed by atoms with van der Waals surface area (Å²) in [6, 6.07) is 4.98. The molecule has 1 aromatic heterocycles. The molecule has 2 rings (SSSR count). The van der Waals surface area contributed by atoms with Crippen molar-refractivity contribution in [2.45, 2.75) is 52.2 Å². The Bertz CT molecular complexity index is 776. The Morgan fingerprint density at radius 2 is 1.77 bits per heavy atom. The Kier molecular flexibility index (Phi) is 5.03. The Hall–Kier alpha value is -2.08. The molecular formula is C16H24N4O2. The lowest BCUT2D eigenvalue weighted by atomic mass is 10.1. The standard InChI is InChI=1S/C16H24N4O2/c1-3-11(17)6-5-9-20-16(22)14-10-12(18)7-8-13(14)15(21)19(20)4-2/h7-8,10-11H,3-6,9,17-18H2,1-2H3. The van der Waals surface area contributed by atoms with Gasteiger partial charge in [-0.15, -0.1) is 0 Å². The van der Waals surface area contributed by atoms with Crippen LogP contribution in [0.15, 0.2) is 27.8 Å². The molecule has 120 valence electrons. The van der Waals surface area contributed by atoms with Gasteiger partial charge in [0.15, 0.2) is 0 Å². The summed E-state index contributed by atoms with van der Waals surface area (Å²) in [4.78, 5) is 25.2. The van der Waals surface area contributed by atoms with Crippen molar-refractivity contribution in [3.63, 3.8) is 0 Å². The van der Waals surface area contributed by atoms with Crippen LogP contribution in [0.4, 0.5) is 5.69 Å². The second-order valence-electron chi connectivity index (χ2n) is 5.56. The molecule has 0 radical (unpaired) electrons. The number of hydrogen-bond acceptors (Lipinski definition) is 4. The van der Waals surface area contributed by atoms with E-state index in [1.165, 1.54) is 9.36 Å². The van der Waals surface area contributed by atoms with Crippen molar-refractivity contribution in [1.29, 1.82) is 0 Å². The Morgan fingerprint density at radius 3 is 2.41 bits per heavy atom. The van der Waals surface area contributed by atoms with Gasteiger partial charge in [0.2, 0.25) is 0 Å². The summed E-state index contributed by atoms with van der Waals surface area (Å²) in [5.74, 6) is 0. The van der Waals surface area contributed by atoms with Crippen LogP contribution in [0.2, 0.25) is 0 Å². The molecule has 22 heavy (non-hydrogen) atoms. The largest absolute Gasteiger partial charge is 0.399 e. The van der Waals surface area contributed by atoms with Gasteiger partial charge < -0.3 is 11.5 Å². The van der Waals surface area contributed by atoms with Gasteiger partial charge in [-0.25, -0.2) is 9.36 Å².